The van der Waals surface area contributed by atoms with Gasteiger partial charge in [0.1, 0.15) is 5.82 Å². The van der Waals surface area contributed by atoms with Gasteiger partial charge in [0, 0.05) is 56.6 Å². The smallest absolute Gasteiger partial charge is 0.191 e. The molecule has 0 saturated carbocycles. The third kappa shape index (κ3) is 5.35. The Balaban J connectivity index is 1.68. The molecule has 1 aromatic rings. The largest absolute Gasteiger partial charge is 0.378 e. The Labute approximate surface area is 169 Å². The summed E-state index contributed by atoms with van der Waals surface area (Å²) in [4.78, 5) is 14.3. The minimum atomic E-state index is 0.424. The van der Waals surface area contributed by atoms with Crippen LogP contribution < -0.4 is 15.5 Å². The van der Waals surface area contributed by atoms with Crippen molar-refractivity contribution in [2.75, 3.05) is 50.8 Å². The first-order chi connectivity index (χ1) is 13.6. The predicted molar refractivity (Wildman–Crippen MR) is 115 cm³/mol. The Hall–Kier alpha value is -1.86. The van der Waals surface area contributed by atoms with Crippen LogP contribution in [0.2, 0.25) is 0 Å². The van der Waals surface area contributed by atoms with Crippen molar-refractivity contribution >= 4 is 11.8 Å². The maximum Gasteiger partial charge on any atom is 0.191 e. The molecule has 156 valence electrons. The second kappa shape index (κ2) is 10.1. The van der Waals surface area contributed by atoms with Crippen LogP contribution in [-0.4, -0.2) is 73.9 Å². The Morgan fingerprint density at radius 3 is 2.79 bits per heavy atom. The molecule has 7 nitrogen and oxygen atoms in total. The van der Waals surface area contributed by atoms with E-state index < -0.39 is 0 Å². The summed E-state index contributed by atoms with van der Waals surface area (Å²) < 4.78 is 5.48. The van der Waals surface area contributed by atoms with Crippen LogP contribution in [0, 0.1) is 5.92 Å². The standard InChI is InChI=1S/C21H36N6O/c1-5-22-21(25-19-15-27(16(2)3)14-17(19)4)24-13-18-7-6-8-23-20(18)26-9-11-28-12-10-26/h6-8,16-17,19H,5,9-15H2,1-4H3,(H2,22,24,25). The van der Waals surface area contributed by atoms with Crippen molar-refractivity contribution in [2.24, 2.45) is 10.9 Å². The van der Waals surface area contributed by atoms with Crippen LogP contribution in [0.3, 0.4) is 0 Å². The van der Waals surface area contributed by atoms with Crippen molar-refractivity contribution < 1.29 is 4.74 Å². The number of morpholine rings is 1. The van der Waals surface area contributed by atoms with E-state index in [4.69, 9.17) is 9.73 Å². The molecule has 28 heavy (non-hydrogen) atoms. The van der Waals surface area contributed by atoms with Crippen molar-refractivity contribution in [2.45, 2.75) is 46.3 Å². The van der Waals surface area contributed by atoms with E-state index in [1.807, 2.05) is 12.3 Å². The summed E-state index contributed by atoms with van der Waals surface area (Å²) in [5, 5.41) is 7.07. The molecule has 2 fully saturated rings. The molecule has 2 aliphatic heterocycles. The number of aliphatic imine (C=N–C) groups is 1. The van der Waals surface area contributed by atoms with Gasteiger partial charge < -0.3 is 20.3 Å². The fourth-order valence-electron chi connectivity index (χ4n) is 3.89. The maximum absolute atomic E-state index is 5.48. The number of rotatable bonds is 6. The van der Waals surface area contributed by atoms with E-state index in [0.29, 0.717) is 24.5 Å². The number of aromatic nitrogens is 1. The third-order valence-corrected chi connectivity index (χ3v) is 5.62. The average molecular weight is 389 g/mol. The lowest BCUT2D eigenvalue weighted by Crippen LogP contribution is -2.46. The van der Waals surface area contributed by atoms with Crippen LogP contribution in [-0.2, 0) is 11.3 Å². The Bertz CT molecular complexity index is 644. The molecule has 0 bridgehead atoms. The van der Waals surface area contributed by atoms with Gasteiger partial charge in [0.2, 0.25) is 0 Å². The molecule has 1 aromatic heterocycles. The number of hydrogen-bond donors (Lipinski definition) is 2. The van der Waals surface area contributed by atoms with Crippen LogP contribution in [0.15, 0.2) is 23.3 Å². The normalized spacial score (nSPS) is 24.0. The highest BCUT2D eigenvalue weighted by Gasteiger charge is 2.31. The van der Waals surface area contributed by atoms with E-state index >= 15 is 0 Å². The zero-order chi connectivity index (χ0) is 19.9. The lowest BCUT2D eigenvalue weighted by molar-refractivity contribution is 0.122. The van der Waals surface area contributed by atoms with Gasteiger partial charge in [0.05, 0.1) is 19.8 Å². The summed E-state index contributed by atoms with van der Waals surface area (Å²) in [6.45, 7) is 15.9. The number of anilines is 1. The van der Waals surface area contributed by atoms with Gasteiger partial charge in [-0.25, -0.2) is 9.98 Å². The van der Waals surface area contributed by atoms with Gasteiger partial charge in [0.15, 0.2) is 5.96 Å². The van der Waals surface area contributed by atoms with Crippen molar-refractivity contribution in [3.63, 3.8) is 0 Å². The zero-order valence-electron chi connectivity index (χ0n) is 17.8. The summed E-state index contributed by atoms with van der Waals surface area (Å²) in [6, 6.07) is 5.13. The molecule has 0 aromatic carbocycles. The van der Waals surface area contributed by atoms with Gasteiger partial charge in [-0.1, -0.05) is 13.0 Å². The molecular weight excluding hydrogens is 352 g/mol. The van der Waals surface area contributed by atoms with Gasteiger partial charge in [0.25, 0.3) is 0 Å². The van der Waals surface area contributed by atoms with Gasteiger partial charge >= 0.3 is 0 Å². The first kappa shape index (κ1) is 20.9. The monoisotopic (exact) mass is 388 g/mol. The molecule has 0 radical (unpaired) electrons. The molecular formula is C21H36N6O. The summed E-state index contributed by atoms with van der Waals surface area (Å²) in [6.07, 6.45) is 1.86. The Morgan fingerprint density at radius 1 is 1.32 bits per heavy atom. The van der Waals surface area contributed by atoms with Gasteiger partial charge in [-0.3, -0.25) is 4.90 Å². The van der Waals surface area contributed by atoms with Gasteiger partial charge in [-0.05, 0) is 32.8 Å². The van der Waals surface area contributed by atoms with Crippen LogP contribution in [0.25, 0.3) is 0 Å². The second-order valence-corrected chi connectivity index (χ2v) is 8.06. The minimum Gasteiger partial charge on any atom is -0.378 e. The minimum absolute atomic E-state index is 0.424. The number of guanidine groups is 1. The highest BCUT2D eigenvalue weighted by Crippen LogP contribution is 2.20. The number of likely N-dealkylation sites (tertiary alicyclic amines) is 1. The fourth-order valence-corrected chi connectivity index (χ4v) is 3.89. The van der Waals surface area contributed by atoms with E-state index in [-0.39, 0.29) is 0 Å². The van der Waals surface area contributed by atoms with Crippen molar-refractivity contribution in [1.82, 2.24) is 20.5 Å². The average Bonchev–Trinajstić information content (AvgIpc) is 3.08. The molecule has 2 saturated heterocycles. The number of nitrogens with zero attached hydrogens (tertiary/aromatic N) is 4. The van der Waals surface area contributed by atoms with E-state index in [9.17, 15) is 0 Å². The van der Waals surface area contributed by atoms with Gasteiger partial charge in [-0.2, -0.15) is 0 Å². The maximum atomic E-state index is 5.48. The molecule has 0 spiro atoms. The molecule has 2 atom stereocenters. The molecule has 2 N–H and O–H groups in total. The number of hydrogen-bond acceptors (Lipinski definition) is 5. The van der Waals surface area contributed by atoms with E-state index in [0.717, 1.165) is 63.3 Å². The zero-order valence-corrected chi connectivity index (χ0v) is 17.8. The predicted octanol–water partition coefficient (Wildman–Crippen LogP) is 1.70. The lowest BCUT2D eigenvalue weighted by atomic mass is 10.1. The fraction of sp³-hybridized carbons (Fsp3) is 0.714. The third-order valence-electron chi connectivity index (χ3n) is 5.62. The molecule has 2 unspecified atom stereocenters. The summed E-state index contributed by atoms with van der Waals surface area (Å²) in [5.41, 5.74) is 1.16. The highest BCUT2D eigenvalue weighted by molar-refractivity contribution is 5.80. The molecule has 0 aliphatic carbocycles. The summed E-state index contributed by atoms with van der Waals surface area (Å²) in [7, 11) is 0. The first-order valence-corrected chi connectivity index (χ1v) is 10.6. The molecule has 3 heterocycles. The van der Waals surface area contributed by atoms with Crippen molar-refractivity contribution in [3.8, 4) is 0 Å². The number of pyridine rings is 1. The van der Waals surface area contributed by atoms with Crippen molar-refractivity contribution in [1.29, 1.82) is 0 Å². The quantitative estimate of drug-likeness (QED) is 0.571. The molecule has 7 heteroatoms. The molecule has 2 aliphatic rings. The van der Waals surface area contributed by atoms with Crippen LogP contribution in [0.4, 0.5) is 5.82 Å². The first-order valence-electron chi connectivity index (χ1n) is 10.6. The van der Waals surface area contributed by atoms with Crippen LogP contribution in [0.1, 0.15) is 33.3 Å². The lowest BCUT2D eigenvalue weighted by Gasteiger charge is -2.29. The molecule has 0 amide bonds. The Kier molecular flexibility index (Phi) is 7.50. The number of ether oxygens (including phenoxy) is 1. The van der Waals surface area contributed by atoms with E-state index in [1.165, 1.54) is 0 Å². The Morgan fingerprint density at radius 2 is 2.11 bits per heavy atom. The topological polar surface area (TPSA) is 65.0 Å². The van der Waals surface area contributed by atoms with Crippen LogP contribution >= 0.6 is 0 Å². The molecule has 3 rings (SSSR count). The second-order valence-electron chi connectivity index (χ2n) is 8.06. The van der Waals surface area contributed by atoms with Crippen LogP contribution in [0.5, 0.6) is 0 Å². The van der Waals surface area contributed by atoms with Gasteiger partial charge in [-0.15, -0.1) is 0 Å². The van der Waals surface area contributed by atoms with E-state index in [2.05, 4.69) is 59.2 Å². The SMILES string of the molecule is CCNC(=NCc1cccnc1N1CCOCC1)NC1CN(C(C)C)CC1C. The summed E-state index contributed by atoms with van der Waals surface area (Å²) in [5.74, 6) is 2.53. The van der Waals surface area contributed by atoms with Crippen molar-refractivity contribution in [3.05, 3.63) is 23.9 Å². The number of nitrogens with one attached hydrogen (secondary N) is 2. The highest BCUT2D eigenvalue weighted by atomic mass is 16.5. The summed E-state index contributed by atoms with van der Waals surface area (Å²) >= 11 is 0. The van der Waals surface area contributed by atoms with E-state index in [1.54, 1.807) is 0 Å².